The third-order valence-electron chi connectivity index (χ3n) is 7.25. The topological polar surface area (TPSA) is 122 Å². The highest BCUT2D eigenvalue weighted by Gasteiger charge is 2.70. The van der Waals surface area contributed by atoms with Crippen molar-refractivity contribution in [3.05, 3.63) is 57.6 Å². The highest BCUT2D eigenvalue weighted by molar-refractivity contribution is 6.32. The van der Waals surface area contributed by atoms with E-state index in [1.54, 1.807) is 31.2 Å². The molecule has 34 heavy (non-hydrogen) atoms. The Bertz CT molecular complexity index is 1270. The number of imide groups is 1. The first-order valence-corrected chi connectivity index (χ1v) is 11.6. The van der Waals surface area contributed by atoms with Gasteiger partial charge in [-0.3, -0.25) is 24.5 Å². The summed E-state index contributed by atoms with van der Waals surface area (Å²) < 4.78 is 0. The van der Waals surface area contributed by atoms with Crippen LogP contribution in [0, 0.1) is 32.6 Å². The molecule has 3 heterocycles. The lowest BCUT2D eigenvalue weighted by atomic mass is 9.76. The van der Waals surface area contributed by atoms with Gasteiger partial charge in [0.05, 0.1) is 23.2 Å². The average Bonchev–Trinajstić information content (AvgIpc) is 3.33. The number of aryl methyl sites for hydroxylation is 2. The minimum absolute atomic E-state index is 0.0239. The molecule has 8 nitrogen and oxygen atoms in total. The summed E-state index contributed by atoms with van der Waals surface area (Å²) in [4.78, 5) is 54.0. The van der Waals surface area contributed by atoms with Crippen LogP contribution in [0.2, 0.25) is 5.02 Å². The number of nitrogens with one attached hydrogen (secondary N) is 2. The Morgan fingerprint density at radius 3 is 2.41 bits per heavy atom. The summed E-state index contributed by atoms with van der Waals surface area (Å²) in [5.74, 6) is -3.54. The summed E-state index contributed by atoms with van der Waals surface area (Å²) in [6.07, 6.45) is 0.253. The maximum Gasteiger partial charge on any atom is 0.250 e. The Labute approximate surface area is 201 Å². The molecule has 0 aromatic heterocycles. The van der Waals surface area contributed by atoms with E-state index in [-0.39, 0.29) is 18.7 Å². The van der Waals surface area contributed by atoms with Crippen LogP contribution in [0.15, 0.2) is 30.3 Å². The number of hydrogen-bond donors (Lipinski definition) is 3. The van der Waals surface area contributed by atoms with Crippen molar-refractivity contribution in [2.75, 3.05) is 10.2 Å². The molecule has 0 saturated carbocycles. The summed E-state index contributed by atoms with van der Waals surface area (Å²) in [7, 11) is 0. The number of amides is 4. The van der Waals surface area contributed by atoms with Crippen molar-refractivity contribution < 1.29 is 19.2 Å². The second-order valence-electron chi connectivity index (χ2n) is 9.47. The van der Waals surface area contributed by atoms with Gasteiger partial charge in [0.2, 0.25) is 23.6 Å². The summed E-state index contributed by atoms with van der Waals surface area (Å²) in [5.41, 5.74) is 8.07. The second-order valence-corrected chi connectivity index (χ2v) is 9.88. The molecule has 5 rings (SSSR count). The predicted molar refractivity (Wildman–Crippen MR) is 127 cm³/mol. The van der Waals surface area contributed by atoms with Gasteiger partial charge in [-0.25, -0.2) is 4.90 Å². The Hall–Kier alpha value is -3.23. The van der Waals surface area contributed by atoms with Gasteiger partial charge in [-0.2, -0.15) is 0 Å². The predicted octanol–water partition coefficient (Wildman–Crippen LogP) is 2.46. The zero-order valence-corrected chi connectivity index (χ0v) is 19.8. The molecule has 4 amide bonds. The van der Waals surface area contributed by atoms with Crippen molar-refractivity contribution in [1.29, 1.82) is 0 Å². The highest BCUT2D eigenvalue weighted by Crippen LogP contribution is 2.55. The molecular weight excluding hydrogens is 456 g/mol. The fraction of sp³-hybridized carbons (Fsp3) is 0.360. The maximum atomic E-state index is 13.9. The molecule has 1 spiro atoms. The number of rotatable bonds is 4. The van der Waals surface area contributed by atoms with E-state index in [1.165, 1.54) is 4.90 Å². The van der Waals surface area contributed by atoms with Crippen molar-refractivity contribution in [3.63, 3.8) is 0 Å². The van der Waals surface area contributed by atoms with Crippen molar-refractivity contribution in [1.82, 2.24) is 5.32 Å². The van der Waals surface area contributed by atoms with Crippen LogP contribution in [0.25, 0.3) is 0 Å². The van der Waals surface area contributed by atoms with Gasteiger partial charge in [-0.1, -0.05) is 23.7 Å². The van der Waals surface area contributed by atoms with E-state index in [4.69, 9.17) is 17.3 Å². The lowest BCUT2D eigenvalue weighted by molar-refractivity contribution is -0.130. The normalized spacial score (nSPS) is 27.4. The molecule has 2 aromatic carbocycles. The number of hydrogen-bond acceptors (Lipinski definition) is 5. The van der Waals surface area contributed by atoms with Crippen molar-refractivity contribution in [3.8, 4) is 0 Å². The number of halogens is 1. The number of benzene rings is 2. The third kappa shape index (κ3) is 3.02. The molecule has 176 valence electrons. The van der Waals surface area contributed by atoms with Crippen LogP contribution in [0.5, 0.6) is 0 Å². The van der Waals surface area contributed by atoms with E-state index in [9.17, 15) is 19.2 Å². The zero-order chi connectivity index (χ0) is 24.5. The quantitative estimate of drug-likeness (QED) is 0.580. The Morgan fingerprint density at radius 2 is 1.76 bits per heavy atom. The molecule has 4 atom stereocenters. The molecule has 0 bridgehead atoms. The Balaban J connectivity index is 1.68. The molecule has 4 N–H and O–H groups in total. The van der Waals surface area contributed by atoms with Gasteiger partial charge >= 0.3 is 0 Å². The summed E-state index contributed by atoms with van der Waals surface area (Å²) in [6.45, 7) is 5.59. The number of carbonyl (C=O) groups excluding carboxylic acids is 4. The SMILES string of the molecule is Cc1cc(C)cc(N2C(=O)[C@H]3[C@@H](C2=O)[C@@]2(N[C@@H]3CCC(N)=O)C(=O)Nc3c2ccc(Cl)c3C)c1. The average molecular weight is 481 g/mol. The van der Waals surface area contributed by atoms with Gasteiger partial charge in [-0.05, 0) is 62.1 Å². The number of carbonyl (C=O) groups is 4. The van der Waals surface area contributed by atoms with Crippen molar-refractivity contribution in [2.24, 2.45) is 17.6 Å². The Kier molecular flexibility index (Phi) is 5.07. The summed E-state index contributed by atoms with van der Waals surface area (Å²) in [6, 6.07) is 8.36. The second kappa shape index (κ2) is 7.65. The smallest absolute Gasteiger partial charge is 0.250 e. The van der Waals surface area contributed by atoms with Gasteiger partial charge in [-0.15, -0.1) is 0 Å². The zero-order valence-electron chi connectivity index (χ0n) is 19.1. The lowest BCUT2D eigenvalue weighted by Crippen LogP contribution is -2.53. The van der Waals surface area contributed by atoms with Crippen LogP contribution < -0.4 is 21.3 Å². The third-order valence-corrected chi connectivity index (χ3v) is 7.66. The van der Waals surface area contributed by atoms with Crippen LogP contribution in [-0.4, -0.2) is 29.7 Å². The number of primary amides is 1. The van der Waals surface area contributed by atoms with Crippen LogP contribution in [0.4, 0.5) is 11.4 Å². The number of nitrogens with zero attached hydrogens (tertiary/aromatic N) is 1. The van der Waals surface area contributed by atoms with Gasteiger partial charge in [0, 0.05) is 23.0 Å². The lowest BCUT2D eigenvalue weighted by Gasteiger charge is -2.29. The van der Waals surface area contributed by atoms with E-state index in [0.29, 0.717) is 27.5 Å². The minimum atomic E-state index is -1.45. The molecule has 3 aliphatic heterocycles. The first-order valence-electron chi connectivity index (χ1n) is 11.2. The van der Waals surface area contributed by atoms with Gasteiger partial charge in [0.1, 0.15) is 5.54 Å². The summed E-state index contributed by atoms with van der Waals surface area (Å²) >= 11 is 6.29. The number of nitrogens with two attached hydrogens (primary N) is 1. The fourth-order valence-corrected chi connectivity index (χ4v) is 6.03. The molecule has 2 fully saturated rings. The van der Waals surface area contributed by atoms with Crippen LogP contribution in [0.3, 0.4) is 0 Å². The van der Waals surface area contributed by atoms with E-state index in [0.717, 1.165) is 11.1 Å². The first-order chi connectivity index (χ1) is 16.1. The van der Waals surface area contributed by atoms with Crippen LogP contribution in [-0.2, 0) is 24.7 Å². The molecular formula is C25H25ClN4O4. The molecule has 2 saturated heterocycles. The maximum absolute atomic E-state index is 13.9. The van der Waals surface area contributed by atoms with Crippen LogP contribution in [0.1, 0.15) is 35.1 Å². The molecule has 2 aromatic rings. The largest absolute Gasteiger partial charge is 0.370 e. The van der Waals surface area contributed by atoms with Crippen LogP contribution >= 0.6 is 11.6 Å². The molecule has 0 aliphatic carbocycles. The van der Waals surface area contributed by atoms with Crippen molar-refractivity contribution in [2.45, 2.75) is 45.2 Å². The number of fused-ring (bicyclic) bond motifs is 4. The van der Waals surface area contributed by atoms with Gasteiger partial charge in [0.15, 0.2) is 0 Å². The fourth-order valence-electron chi connectivity index (χ4n) is 5.87. The molecule has 0 unspecified atom stereocenters. The van der Waals surface area contributed by atoms with E-state index >= 15 is 0 Å². The molecule has 3 aliphatic rings. The minimum Gasteiger partial charge on any atom is -0.370 e. The molecule has 9 heteroatoms. The van der Waals surface area contributed by atoms with E-state index in [1.807, 2.05) is 19.9 Å². The monoisotopic (exact) mass is 480 g/mol. The first kappa shape index (κ1) is 22.6. The van der Waals surface area contributed by atoms with E-state index < -0.39 is 41.1 Å². The van der Waals surface area contributed by atoms with E-state index in [2.05, 4.69) is 10.6 Å². The van der Waals surface area contributed by atoms with Gasteiger partial charge < -0.3 is 11.1 Å². The molecule has 0 radical (unpaired) electrons. The van der Waals surface area contributed by atoms with Gasteiger partial charge in [0.25, 0.3) is 0 Å². The van der Waals surface area contributed by atoms with Crippen molar-refractivity contribution >= 4 is 46.6 Å². The Morgan fingerprint density at radius 1 is 1.09 bits per heavy atom. The summed E-state index contributed by atoms with van der Waals surface area (Å²) in [5, 5.41) is 6.67. The number of anilines is 2. The standard InChI is InChI=1S/C25H25ClN4O4/c1-11-8-12(2)10-14(9-11)30-22(32)19-17(6-7-18(27)31)29-25(20(19)23(30)33)15-4-5-16(26)13(3)21(15)28-24(25)34/h4-5,8-10,17,19-20,29H,6-7H2,1-3H3,(H2,27,31)(H,28,34)/t17-,19-,20+,25-/m1/s1. The highest BCUT2D eigenvalue weighted by atomic mass is 35.5.